The highest BCUT2D eigenvalue weighted by Crippen LogP contribution is 2.49. The molecule has 1 saturated heterocycles. The normalized spacial score (nSPS) is 38.1. The molecule has 4 nitrogen and oxygen atoms in total. The predicted molar refractivity (Wildman–Crippen MR) is 68.1 cm³/mol. The quantitative estimate of drug-likeness (QED) is 0.573. The first-order chi connectivity index (χ1) is 9.04. The summed E-state index contributed by atoms with van der Waals surface area (Å²) in [5.74, 6) is -0.513. The van der Waals surface area contributed by atoms with Crippen molar-refractivity contribution in [3.8, 4) is 0 Å². The van der Waals surface area contributed by atoms with E-state index in [1.807, 2.05) is 6.92 Å². The minimum Gasteiger partial charge on any atom is -0.458 e. The second-order valence-corrected chi connectivity index (χ2v) is 5.83. The Hall–Kier alpha value is -1.42. The lowest BCUT2D eigenvalue weighted by Gasteiger charge is -2.26. The Bertz CT molecular complexity index is 502. The Morgan fingerprint density at radius 3 is 2.84 bits per heavy atom. The number of ketones is 1. The van der Waals surface area contributed by atoms with E-state index in [9.17, 15) is 14.7 Å². The molecule has 4 heteroatoms. The van der Waals surface area contributed by atoms with E-state index in [2.05, 4.69) is 6.58 Å². The number of Topliss-reactive ketones (excluding diaryl/α,β-unsaturated/α-hetero) is 1. The second-order valence-electron chi connectivity index (χ2n) is 5.83. The molecule has 4 atom stereocenters. The average Bonchev–Trinajstić information content (AvgIpc) is 2.80. The Labute approximate surface area is 112 Å². The highest BCUT2D eigenvalue weighted by atomic mass is 16.6. The summed E-state index contributed by atoms with van der Waals surface area (Å²) in [6.45, 7) is 5.77. The van der Waals surface area contributed by atoms with Crippen LogP contribution in [-0.4, -0.2) is 29.6 Å². The first kappa shape index (κ1) is 12.6. The molecule has 0 aromatic carbocycles. The van der Waals surface area contributed by atoms with Crippen LogP contribution in [0, 0.1) is 17.8 Å². The van der Waals surface area contributed by atoms with E-state index >= 15 is 0 Å². The van der Waals surface area contributed by atoms with E-state index in [0.29, 0.717) is 12.0 Å². The molecule has 102 valence electrons. The van der Waals surface area contributed by atoms with E-state index in [4.69, 9.17) is 4.74 Å². The zero-order valence-corrected chi connectivity index (χ0v) is 11.0. The van der Waals surface area contributed by atoms with Crippen LogP contribution < -0.4 is 0 Å². The van der Waals surface area contributed by atoms with Gasteiger partial charge < -0.3 is 9.84 Å². The summed E-state index contributed by atoms with van der Waals surface area (Å²) in [6, 6.07) is 0. The topological polar surface area (TPSA) is 63.6 Å². The molecule has 1 saturated carbocycles. The Kier molecular flexibility index (Phi) is 2.86. The van der Waals surface area contributed by atoms with Crippen molar-refractivity contribution in [2.24, 2.45) is 17.8 Å². The van der Waals surface area contributed by atoms with Gasteiger partial charge in [-0.3, -0.25) is 4.79 Å². The number of hydrogen-bond acceptors (Lipinski definition) is 4. The number of allylic oxidation sites excluding steroid dienone is 1. The molecule has 1 aliphatic heterocycles. The molecular weight excluding hydrogens is 244 g/mol. The monoisotopic (exact) mass is 262 g/mol. The minimum absolute atomic E-state index is 0.00935. The maximum atomic E-state index is 12.2. The number of rotatable bonds is 1. The fraction of sp³-hybridized carbons (Fsp3) is 0.600. The fourth-order valence-corrected chi connectivity index (χ4v) is 3.83. The molecule has 0 aromatic heterocycles. The van der Waals surface area contributed by atoms with Gasteiger partial charge in [0.15, 0.2) is 5.78 Å². The van der Waals surface area contributed by atoms with E-state index < -0.39 is 0 Å². The number of esters is 1. The van der Waals surface area contributed by atoms with Gasteiger partial charge >= 0.3 is 5.97 Å². The van der Waals surface area contributed by atoms with Gasteiger partial charge in [0.1, 0.15) is 6.10 Å². The number of aliphatic hydroxyl groups excluding tert-OH is 1. The van der Waals surface area contributed by atoms with Crippen LogP contribution in [0.3, 0.4) is 0 Å². The van der Waals surface area contributed by atoms with Gasteiger partial charge in [0.2, 0.25) is 0 Å². The maximum absolute atomic E-state index is 12.2. The van der Waals surface area contributed by atoms with Crippen molar-refractivity contribution in [3.63, 3.8) is 0 Å². The summed E-state index contributed by atoms with van der Waals surface area (Å²) in [5.41, 5.74) is 2.41. The molecule has 0 amide bonds. The van der Waals surface area contributed by atoms with Crippen molar-refractivity contribution >= 4 is 11.8 Å². The number of ether oxygens (including phenoxy) is 1. The van der Waals surface area contributed by atoms with Gasteiger partial charge in [0.05, 0.1) is 0 Å². The van der Waals surface area contributed by atoms with Gasteiger partial charge in [0, 0.05) is 36.0 Å². The predicted octanol–water partition coefficient (Wildman–Crippen LogP) is 1.39. The second kappa shape index (κ2) is 4.30. The Morgan fingerprint density at radius 2 is 2.16 bits per heavy atom. The van der Waals surface area contributed by atoms with Crippen LogP contribution in [0.25, 0.3) is 0 Å². The zero-order valence-electron chi connectivity index (χ0n) is 11.0. The molecule has 0 unspecified atom stereocenters. The third kappa shape index (κ3) is 1.70. The molecule has 1 heterocycles. The smallest absolute Gasteiger partial charge is 0.334 e. The molecule has 0 aromatic rings. The summed E-state index contributed by atoms with van der Waals surface area (Å²) in [7, 11) is 0. The van der Waals surface area contributed by atoms with E-state index in [0.717, 1.165) is 24.0 Å². The largest absolute Gasteiger partial charge is 0.458 e. The van der Waals surface area contributed by atoms with E-state index in [1.54, 1.807) is 0 Å². The molecule has 1 N–H and O–H groups in total. The summed E-state index contributed by atoms with van der Waals surface area (Å²) in [4.78, 5) is 23.9. The van der Waals surface area contributed by atoms with Crippen LogP contribution >= 0.6 is 0 Å². The third-order valence-electron chi connectivity index (χ3n) is 4.82. The molecule has 3 aliphatic rings. The van der Waals surface area contributed by atoms with Crippen LogP contribution in [0.2, 0.25) is 0 Å². The van der Waals surface area contributed by atoms with Crippen molar-refractivity contribution in [3.05, 3.63) is 23.3 Å². The summed E-state index contributed by atoms with van der Waals surface area (Å²) in [5, 5.41) is 9.51. The van der Waals surface area contributed by atoms with Gasteiger partial charge in [-0.1, -0.05) is 12.2 Å². The van der Waals surface area contributed by atoms with Gasteiger partial charge in [-0.25, -0.2) is 4.79 Å². The molecule has 2 fully saturated rings. The molecule has 3 rings (SSSR count). The first-order valence-electron chi connectivity index (χ1n) is 6.78. The van der Waals surface area contributed by atoms with Gasteiger partial charge in [-0.15, -0.1) is 0 Å². The zero-order chi connectivity index (χ0) is 13.7. The van der Waals surface area contributed by atoms with E-state index in [-0.39, 0.29) is 42.2 Å². The molecular formula is C15H18O4. The number of hydrogen-bond donors (Lipinski definition) is 1. The summed E-state index contributed by atoms with van der Waals surface area (Å²) >= 11 is 0. The fourth-order valence-electron chi connectivity index (χ4n) is 3.83. The summed E-state index contributed by atoms with van der Waals surface area (Å²) in [6.07, 6.45) is 1.65. The number of carbonyl (C=O) groups excluding carboxylic acids is 2. The number of aliphatic hydroxyl groups is 1. The Balaban J connectivity index is 2.06. The molecule has 2 aliphatic carbocycles. The van der Waals surface area contributed by atoms with Crippen LogP contribution in [0.4, 0.5) is 0 Å². The molecule has 0 spiro atoms. The van der Waals surface area contributed by atoms with Crippen LogP contribution in [0.15, 0.2) is 23.3 Å². The van der Waals surface area contributed by atoms with Crippen molar-refractivity contribution in [2.45, 2.75) is 32.3 Å². The van der Waals surface area contributed by atoms with Crippen LogP contribution in [0.1, 0.15) is 26.2 Å². The molecule has 0 radical (unpaired) electrons. The lowest BCUT2D eigenvalue weighted by atomic mass is 9.81. The molecule has 0 bridgehead atoms. The maximum Gasteiger partial charge on any atom is 0.334 e. The molecule has 19 heavy (non-hydrogen) atoms. The SMILES string of the molecule is C=C1C(=O)O[C@@H]2[C@@H]3C(=C(C)CC[C@@H]12)C(=O)C[C@H]3CO. The van der Waals surface area contributed by atoms with Gasteiger partial charge in [0.25, 0.3) is 0 Å². The highest BCUT2D eigenvalue weighted by Gasteiger charge is 2.52. The van der Waals surface area contributed by atoms with Crippen LogP contribution in [0.5, 0.6) is 0 Å². The van der Waals surface area contributed by atoms with Gasteiger partial charge in [-0.05, 0) is 25.7 Å². The van der Waals surface area contributed by atoms with Crippen molar-refractivity contribution in [2.75, 3.05) is 6.61 Å². The highest BCUT2D eigenvalue weighted by molar-refractivity contribution is 6.00. The minimum atomic E-state index is -0.343. The lowest BCUT2D eigenvalue weighted by Crippen LogP contribution is -2.31. The number of carbonyl (C=O) groups is 2. The lowest BCUT2D eigenvalue weighted by molar-refractivity contribution is -0.141. The third-order valence-corrected chi connectivity index (χ3v) is 4.82. The van der Waals surface area contributed by atoms with Gasteiger partial charge in [-0.2, -0.15) is 0 Å². The Morgan fingerprint density at radius 1 is 1.42 bits per heavy atom. The van der Waals surface area contributed by atoms with Crippen LogP contribution in [-0.2, 0) is 14.3 Å². The summed E-state index contributed by atoms with van der Waals surface area (Å²) < 4.78 is 5.46. The van der Waals surface area contributed by atoms with Crippen molar-refractivity contribution in [1.82, 2.24) is 0 Å². The number of fused-ring (bicyclic) bond motifs is 3. The standard InChI is InChI=1S/C15H18O4/c1-7-3-4-10-8(2)15(18)19-14(10)13-9(6-16)5-11(17)12(7)13/h9-10,13-14,16H,2-6H2,1H3/t9-,10-,13-,14-/m0/s1. The average molecular weight is 262 g/mol. The van der Waals surface area contributed by atoms with E-state index in [1.165, 1.54) is 0 Å². The van der Waals surface area contributed by atoms with Crippen molar-refractivity contribution in [1.29, 1.82) is 0 Å². The van der Waals surface area contributed by atoms with Crippen molar-refractivity contribution < 1.29 is 19.4 Å². The first-order valence-corrected chi connectivity index (χ1v) is 6.78.